The summed E-state index contributed by atoms with van der Waals surface area (Å²) in [5, 5.41) is 19.0. The second-order valence-corrected chi connectivity index (χ2v) is 10.1. The van der Waals surface area contributed by atoms with Crippen LogP contribution in [-0.4, -0.2) is 70.5 Å². The Morgan fingerprint density at radius 3 is 2.70 bits per heavy atom. The van der Waals surface area contributed by atoms with Crippen molar-refractivity contribution in [3.05, 3.63) is 42.1 Å². The number of nitrogens with one attached hydrogen (secondary N) is 3. The van der Waals surface area contributed by atoms with E-state index in [0.717, 1.165) is 29.9 Å². The number of carbonyl (C=O) groups is 1. The quantitative estimate of drug-likeness (QED) is 0.332. The van der Waals surface area contributed by atoms with E-state index in [9.17, 15) is 4.79 Å². The van der Waals surface area contributed by atoms with Crippen LogP contribution >= 0.6 is 0 Å². The van der Waals surface area contributed by atoms with Gasteiger partial charge in [0.15, 0.2) is 11.5 Å². The largest absolute Gasteiger partial charge is 0.351 e. The number of rotatable bonds is 8. The Balaban J connectivity index is 1.29. The Labute approximate surface area is 215 Å². The molecule has 12 heteroatoms. The smallest absolute Gasteiger partial charge is 0.252 e. The fourth-order valence-electron chi connectivity index (χ4n) is 4.70. The molecule has 0 aromatic carbocycles. The van der Waals surface area contributed by atoms with Gasteiger partial charge in [-0.15, -0.1) is 0 Å². The van der Waals surface area contributed by atoms with Crippen LogP contribution in [0.4, 0.5) is 23.1 Å². The van der Waals surface area contributed by atoms with Crippen molar-refractivity contribution in [1.29, 1.82) is 0 Å². The van der Waals surface area contributed by atoms with Gasteiger partial charge in [-0.25, -0.2) is 9.67 Å². The van der Waals surface area contributed by atoms with Crippen molar-refractivity contribution in [3.8, 4) is 0 Å². The molecule has 1 amide bonds. The lowest BCUT2D eigenvalue weighted by Crippen LogP contribution is -2.43. The first-order valence-corrected chi connectivity index (χ1v) is 12.4. The maximum atomic E-state index is 12.9. The van der Waals surface area contributed by atoms with Crippen LogP contribution < -0.4 is 16.0 Å². The molecule has 1 saturated heterocycles. The molecule has 0 saturated carbocycles. The molecule has 4 aromatic rings. The summed E-state index contributed by atoms with van der Waals surface area (Å²) in [6.45, 7) is 8.91. The van der Waals surface area contributed by atoms with Crippen LogP contribution in [0.5, 0.6) is 0 Å². The van der Waals surface area contributed by atoms with Gasteiger partial charge in [0, 0.05) is 51.3 Å². The van der Waals surface area contributed by atoms with Crippen molar-refractivity contribution in [2.75, 3.05) is 30.3 Å². The van der Waals surface area contributed by atoms with Gasteiger partial charge in [-0.1, -0.05) is 0 Å². The van der Waals surface area contributed by atoms with Gasteiger partial charge in [0.25, 0.3) is 5.91 Å². The topological polar surface area (TPSA) is 131 Å². The highest BCUT2D eigenvalue weighted by Gasteiger charge is 2.31. The molecule has 0 spiro atoms. The van der Waals surface area contributed by atoms with E-state index in [-0.39, 0.29) is 11.4 Å². The highest BCUT2D eigenvalue weighted by molar-refractivity contribution is 5.96. The molecule has 194 valence electrons. The van der Waals surface area contributed by atoms with E-state index >= 15 is 0 Å². The average Bonchev–Trinajstić information content (AvgIpc) is 3.52. The number of nitrogens with zero attached hydrogens (tertiary/aromatic N) is 8. The number of pyridine rings is 1. The number of amides is 1. The van der Waals surface area contributed by atoms with Crippen LogP contribution in [-0.2, 0) is 14.1 Å². The predicted molar refractivity (Wildman–Crippen MR) is 142 cm³/mol. The number of aromatic nitrogens is 7. The Kier molecular flexibility index (Phi) is 6.50. The highest BCUT2D eigenvalue weighted by atomic mass is 16.1. The fourth-order valence-corrected chi connectivity index (χ4v) is 4.70. The molecule has 5 heterocycles. The fraction of sp³-hybridized carbons (Fsp3) is 0.440. The Bertz CT molecular complexity index is 1440. The minimum absolute atomic E-state index is 0.145. The van der Waals surface area contributed by atoms with E-state index in [1.807, 2.05) is 27.2 Å². The van der Waals surface area contributed by atoms with Crippen molar-refractivity contribution in [2.45, 2.75) is 39.2 Å². The number of aryl methyl sites for hydroxylation is 3. The van der Waals surface area contributed by atoms with Crippen molar-refractivity contribution in [2.24, 2.45) is 14.1 Å². The van der Waals surface area contributed by atoms with Crippen LogP contribution in [0, 0.1) is 6.92 Å². The second-order valence-electron chi connectivity index (χ2n) is 10.1. The molecule has 1 fully saturated rings. The Morgan fingerprint density at radius 1 is 1.14 bits per heavy atom. The molecule has 5 rings (SSSR count). The lowest BCUT2D eigenvalue weighted by atomic mass is 10.0. The van der Waals surface area contributed by atoms with Gasteiger partial charge in [-0.3, -0.25) is 19.4 Å². The van der Waals surface area contributed by atoms with Crippen LogP contribution in [0.1, 0.15) is 42.7 Å². The number of fused-ring (bicyclic) bond motifs is 1. The summed E-state index contributed by atoms with van der Waals surface area (Å²) >= 11 is 0. The van der Waals surface area contributed by atoms with Gasteiger partial charge < -0.3 is 16.0 Å². The van der Waals surface area contributed by atoms with Crippen molar-refractivity contribution >= 4 is 40.1 Å². The Morgan fingerprint density at radius 2 is 1.97 bits per heavy atom. The summed E-state index contributed by atoms with van der Waals surface area (Å²) in [6, 6.07) is 1.80. The zero-order chi connectivity index (χ0) is 26.2. The van der Waals surface area contributed by atoms with E-state index in [1.54, 1.807) is 34.0 Å². The van der Waals surface area contributed by atoms with Gasteiger partial charge in [0.05, 0.1) is 34.2 Å². The molecule has 0 atom stereocenters. The van der Waals surface area contributed by atoms with Gasteiger partial charge in [0.1, 0.15) is 0 Å². The summed E-state index contributed by atoms with van der Waals surface area (Å²) < 4.78 is 3.39. The molecule has 0 unspecified atom stereocenters. The molecule has 0 bridgehead atoms. The van der Waals surface area contributed by atoms with Gasteiger partial charge in [-0.05, 0) is 46.2 Å². The van der Waals surface area contributed by atoms with E-state index in [1.165, 1.54) is 12.8 Å². The maximum Gasteiger partial charge on any atom is 0.252 e. The minimum atomic E-state index is -0.145. The molecule has 37 heavy (non-hydrogen) atoms. The third-order valence-electron chi connectivity index (χ3n) is 6.88. The first-order valence-electron chi connectivity index (χ1n) is 12.4. The summed E-state index contributed by atoms with van der Waals surface area (Å²) in [7, 11) is 3.67. The van der Waals surface area contributed by atoms with Crippen LogP contribution in [0.25, 0.3) is 11.0 Å². The van der Waals surface area contributed by atoms with E-state index in [0.29, 0.717) is 35.2 Å². The number of hydrogen-bond acceptors (Lipinski definition) is 9. The third-order valence-corrected chi connectivity index (χ3v) is 6.88. The molecule has 12 nitrogen and oxygen atoms in total. The van der Waals surface area contributed by atoms with Crippen LogP contribution in [0.15, 0.2) is 30.9 Å². The Hall–Kier alpha value is -4.06. The predicted octanol–water partition coefficient (Wildman–Crippen LogP) is 2.89. The number of carbonyl (C=O) groups excluding carboxylic acids is 1. The molecular weight excluding hydrogens is 470 g/mol. The summed E-state index contributed by atoms with van der Waals surface area (Å²) in [4.78, 5) is 28.8. The van der Waals surface area contributed by atoms with E-state index in [4.69, 9.17) is 0 Å². The third kappa shape index (κ3) is 5.24. The zero-order valence-corrected chi connectivity index (χ0v) is 21.9. The van der Waals surface area contributed by atoms with Gasteiger partial charge in [0.2, 0.25) is 5.95 Å². The molecule has 4 aromatic heterocycles. The zero-order valence-electron chi connectivity index (χ0n) is 21.9. The van der Waals surface area contributed by atoms with Gasteiger partial charge >= 0.3 is 0 Å². The van der Waals surface area contributed by atoms with Crippen molar-refractivity contribution in [1.82, 2.24) is 44.7 Å². The highest BCUT2D eigenvalue weighted by Crippen LogP contribution is 2.28. The molecule has 1 aliphatic rings. The summed E-state index contributed by atoms with van der Waals surface area (Å²) in [5.74, 6) is 0.890. The second kappa shape index (κ2) is 9.77. The standard InChI is InChI=1S/C25H33N11O/c1-16-20(11-17(12-27-16)23(37)26-8-10-36-9-6-7-25(36,2)3)31-21-19-14-28-24(32-22(19)35(5)33-21)30-18-13-29-34(4)15-18/h11-15H,6-10H2,1-5H3,(H,26,37)(H,31,33)(H,28,30,32). The lowest BCUT2D eigenvalue weighted by Gasteiger charge is -2.31. The van der Waals surface area contributed by atoms with Crippen molar-refractivity contribution < 1.29 is 4.79 Å². The first kappa shape index (κ1) is 24.6. The first-order chi connectivity index (χ1) is 17.7. The molecule has 0 aliphatic carbocycles. The SMILES string of the molecule is Cc1ncc(C(=O)NCCN2CCCC2(C)C)cc1Nc1nn(C)c2nc(Nc3cnn(C)c3)ncc12. The van der Waals surface area contributed by atoms with Crippen molar-refractivity contribution in [3.63, 3.8) is 0 Å². The summed E-state index contributed by atoms with van der Waals surface area (Å²) in [6.07, 6.45) is 9.26. The monoisotopic (exact) mass is 503 g/mol. The number of likely N-dealkylation sites (tertiary alicyclic amines) is 1. The molecule has 0 radical (unpaired) electrons. The maximum absolute atomic E-state index is 12.9. The van der Waals surface area contributed by atoms with Gasteiger partial charge in [-0.2, -0.15) is 15.2 Å². The summed E-state index contributed by atoms with van der Waals surface area (Å²) in [5.41, 5.74) is 3.60. The lowest BCUT2D eigenvalue weighted by molar-refractivity contribution is 0.0940. The molecular formula is C25H33N11O. The van der Waals surface area contributed by atoms with E-state index < -0.39 is 0 Å². The van der Waals surface area contributed by atoms with Crippen LogP contribution in [0.2, 0.25) is 0 Å². The molecule has 3 N–H and O–H groups in total. The normalized spacial score (nSPS) is 15.3. The number of anilines is 4. The number of hydrogen-bond donors (Lipinski definition) is 3. The van der Waals surface area contributed by atoms with E-state index in [2.05, 4.69) is 59.8 Å². The average molecular weight is 504 g/mol. The van der Waals surface area contributed by atoms with Crippen LogP contribution in [0.3, 0.4) is 0 Å². The minimum Gasteiger partial charge on any atom is -0.351 e. The molecule has 1 aliphatic heterocycles.